The molecule has 4 heteroatoms. The smallest absolute Gasteiger partial charge is 0.233 e. The predicted molar refractivity (Wildman–Crippen MR) is 58.5 cm³/mol. The first-order valence-corrected chi connectivity index (χ1v) is 5.17. The summed E-state index contributed by atoms with van der Waals surface area (Å²) < 4.78 is 0. The van der Waals surface area contributed by atoms with E-state index in [1.165, 1.54) is 0 Å². The minimum Gasteiger partial charge on any atom is -0.303 e. The average Bonchev–Trinajstić information content (AvgIpc) is 2.12. The van der Waals surface area contributed by atoms with Crippen LogP contribution in [0, 0.1) is 5.92 Å². The standard InChI is InChI=1S/C10H23N3O/c1-8(2)7-13(4)9(3)5-6-10(14)12-11/h8-9H,5-7,11H2,1-4H3,(H,12,14). The molecule has 0 spiro atoms. The van der Waals surface area contributed by atoms with Crippen molar-refractivity contribution in [3.63, 3.8) is 0 Å². The Balaban J connectivity index is 3.72. The SMILES string of the molecule is CC(C)CN(C)C(C)CCC(=O)NN. The van der Waals surface area contributed by atoms with Crippen molar-refractivity contribution in [2.75, 3.05) is 13.6 Å². The quantitative estimate of drug-likeness (QED) is 0.378. The van der Waals surface area contributed by atoms with Gasteiger partial charge in [0.2, 0.25) is 5.91 Å². The molecule has 0 saturated heterocycles. The first kappa shape index (κ1) is 13.4. The van der Waals surface area contributed by atoms with E-state index in [0.717, 1.165) is 13.0 Å². The lowest BCUT2D eigenvalue weighted by Crippen LogP contribution is -2.35. The molecule has 1 amide bonds. The molecule has 0 saturated carbocycles. The van der Waals surface area contributed by atoms with Crippen LogP contribution in [0.2, 0.25) is 0 Å². The van der Waals surface area contributed by atoms with E-state index >= 15 is 0 Å². The van der Waals surface area contributed by atoms with E-state index in [0.29, 0.717) is 18.4 Å². The number of hydrogen-bond donors (Lipinski definition) is 2. The fourth-order valence-corrected chi connectivity index (χ4v) is 1.39. The third kappa shape index (κ3) is 5.94. The molecule has 1 atom stereocenters. The second-order valence-corrected chi connectivity index (χ2v) is 4.29. The third-order valence-electron chi connectivity index (χ3n) is 2.36. The van der Waals surface area contributed by atoms with Crippen molar-refractivity contribution in [3.8, 4) is 0 Å². The van der Waals surface area contributed by atoms with Crippen LogP contribution in [0.25, 0.3) is 0 Å². The molecule has 84 valence electrons. The first-order chi connectivity index (χ1) is 6.47. The van der Waals surface area contributed by atoms with Gasteiger partial charge in [-0.1, -0.05) is 13.8 Å². The van der Waals surface area contributed by atoms with E-state index in [-0.39, 0.29) is 5.91 Å². The summed E-state index contributed by atoms with van der Waals surface area (Å²) in [6, 6.07) is 0.426. The van der Waals surface area contributed by atoms with Crippen LogP contribution in [0.5, 0.6) is 0 Å². The fraction of sp³-hybridized carbons (Fsp3) is 0.900. The lowest BCUT2D eigenvalue weighted by Gasteiger charge is -2.26. The van der Waals surface area contributed by atoms with Gasteiger partial charge in [-0.05, 0) is 26.3 Å². The molecule has 0 heterocycles. The molecular weight excluding hydrogens is 178 g/mol. The molecule has 0 radical (unpaired) electrons. The summed E-state index contributed by atoms with van der Waals surface area (Å²) in [6.07, 6.45) is 1.35. The molecule has 0 aromatic carbocycles. The van der Waals surface area contributed by atoms with Crippen LogP contribution in [0.15, 0.2) is 0 Å². The topological polar surface area (TPSA) is 58.4 Å². The zero-order chi connectivity index (χ0) is 11.1. The number of hydrazine groups is 1. The maximum Gasteiger partial charge on any atom is 0.233 e. The van der Waals surface area contributed by atoms with Gasteiger partial charge < -0.3 is 4.90 Å². The van der Waals surface area contributed by atoms with E-state index in [1.54, 1.807) is 0 Å². The summed E-state index contributed by atoms with van der Waals surface area (Å²) >= 11 is 0. The maximum atomic E-state index is 10.9. The minimum absolute atomic E-state index is 0.0882. The Bertz CT molecular complexity index is 171. The zero-order valence-corrected chi connectivity index (χ0v) is 9.71. The van der Waals surface area contributed by atoms with E-state index in [2.05, 4.69) is 38.1 Å². The van der Waals surface area contributed by atoms with Crippen molar-refractivity contribution in [3.05, 3.63) is 0 Å². The average molecular weight is 201 g/mol. The Labute approximate surface area is 86.8 Å². The second-order valence-electron chi connectivity index (χ2n) is 4.29. The summed E-state index contributed by atoms with van der Waals surface area (Å²) in [7, 11) is 2.09. The Morgan fingerprint density at radius 2 is 2.00 bits per heavy atom. The molecule has 0 aliphatic heterocycles. The molecule has 1 unspecified atom stereocenters. The van der Waals surface area contributed by atoms with Gasteiger partial charge in [-0.2, -0.15) is 0 Å². The van der Waals surface area contributed by atoms with E-state index in [4.69, 9.17) is 5.84 Å². The molecule has 3 N–H and O–H groups in total. The monoisotopic (exact) mass is 201 g/mol. The number of nitrogens with zero attached hydrogens (tertiary/aromatic N) is 1. The van der Waals surface area contributed by atoms with Gasteiger partial charge in [0.15, 0.2) is 0 Å². The molecule has 0 aliphatic carbocycles. The fourth-order valence-electron chi connectivity index (χ4n) is 1.39. The van der Waals surface area contributed by atoms with Crippen molar-refractivity contribution in [2.24, 2.45) is 11.8 Å². The van der Waals surface area contributed by atoms with Gasteiger partial charge >= 0.3 is 0 Å². The normalized spacial score (nSPS) is 13.4. The van der Waals surface area contributed by atoms with Crippen LogP contribution >= 0.6 is 0 Å². The number of rotatable bonds is 6. The van der Waals surface area contributed by atoms with Gasteiger partial charge in [-0.15, -0.1) is 0 Å². The number of nitrogens with two attached hydrogens (primary N) is 1. The Kier molecular flexibility index (Phi) is 6.49. The van der Waals surface area contributed by atoms with Gasteiger partial charge in [-0.25, -0.2) is 5.84 Å². The highest BCUT2D eigenvalue weighted by Gasteiger charge is 2.11. The second kappa shape index (κ2) is 6.79. The molecule has 0 rings (SSSR count). The summed E-state index contributed by atoms with van der Waals surface area (Å²) in [5.41, 5.74) is 2.14. The molecule has 0 aliphatic rings. The number of hydrogen-bond acceptors (Lipinski definition) is 3. The van der Waals surface area contributed by atoms with Crippen molar-refractivity contribution in [1.29, 1.82) is 0 Å². The molecule has 4 nitrogen and oxygen atoms in total. The van der Waals surface area contributed by atoms with Crippen molar-refractivity contribution >= 4 is 5.91 Å². The van der Waals surface area contributed by atoms with Crippen molar-refractivity contribution < 1.29 is 4.79 Å². The van der Waals surface area contributed by atoms with Crippen LogP contribution in [0.1, 0.15) is 33.6 Å². The van der Waals surface area contributed by atoms with Crippen LogP contribution in [-0.2, 0) is 4.79 Å². The molecule has 0 bridgehead atoms. The van der Waals surface area contributed by atoms with Crippen LogP contribution in [0.4, 0.5) is 0 Å². The van der Waals surface area contributed by atoms with E-state index < -0.39 is 0 Å². The number of carbonyl (C=O) groups excluding carboxylic acids is 1. The van der Waals surface area contributed by atoms with Crippen molar-refractivity contribution in [2.45, 2.75) is 39.7 Å². The van der Waals surface area contributed by atoms with Gasteiger partial charge in [0.05, 0.1) is 0 Å². The molecule has 0 aromatic heterocycles. The molecule has 0 fully saturated rings. The highest BCUT2D eigenvalue weighted by atomic mass is 16.2. The predicted octanol–water partition coefficient (Wildman–Crippen LogP) is 0.733. The molecule has 0 aromatic rings. The van der Waals surface area contributed by atoms with E-state index in [9.17, 15) is 4.79 Å². The Hall–Kier alpha value is -0.610. The highest BCUT2D eigenvalue weighted by Crippen LogP contribution is 2.06. The van der Waals surface area contributed by atoms with Gasteiger partial charge in [0, 0.05) is 19.0 Å². The number of carbonyl (C=O) groups is 1. The molecular formula is C10H23N3O. The van der Waals surface area contributed by atoms with Crippen LogP contribution in [-0.4, -0.2) is 30.4 Å². The summed E-state index contributed by atoms with van der Waals surface area (Å²) in [4.78, 5) is 13.2. The van der Waals surface area contributed by atoms with E-state index in [1.807, 2.05) is 0 Å². The number of nitrogens with one attached hydrogen (secondary N) is 1. The first-order valence-electron chi connectivity index (χ1n) is 5.17. The van der Waals surface area contributed by atoms with Gasteiger partial charge in [-0.3, -0.25) is 10.2 Å². The lowest BCUT2D eigenvalue weighted by molar-refractivity contribution is -0.121. The van der Waals surface area contributed by atoms with Crippen LogP contribution < -0.4 is 11.3 Å². The third-order valence-corrected chi connectivity index (χ3v) is 2.36. The Morgan fingerprint density at radius 3 is 2.43 bits per heavy atom. The minimum atomic E-state index is -0.0882. The maximum absolute atomic E-state index is 10.9. The summed E-state index contributed by atoms with van der Waals surface area (Å²) in [5.74, 6) is 5.57. The summed E-state index contributed by atoms with van der Waals surface area (Å²) in [5, 5.41) is 0. The number of amides is 1. The molecule has 14 heavy (non-hydrogen) atoms. The zero-order valence-electron chi connectivity index (χ0n) is 9.71. The van der Waals surface area contributed by atoms with Gasteiger partial charge in [0.25, 0.3) is 0 Å². The van der Waals surface area contributed by atoms with Crippen LogP contribution in [0.3, 0.4) is 0 Å². The summed E-state index contributed by atoms with van der Waals surface area (Å²) in [6.45, 7) is 7.57. The lowest BCUT2D eigenvalue weighted by atomic mass is 10.1. The largest absolute Gasteiger partial charge is 0.303 e. The highest BCUT2D eigenvalue weighted by molar-refractivity contribution is 5.75. The van der Waals surface area contributed by atoms with Gasteiger partial charge in [0.1, 0.15) is 0 Å². The van der Waals surface area contributed by atoms with Crippen molar-refractivity contribution in [1.82, 2.24) is 10.3 Å². The Morgan fingerprint density at radius 1 is 1.43 bits per heavy atom.